The van der Waals surface area contributed by atoms with Gasteiger partial charge in [0.05, 0.1) is 5.56 Å². The van der Waals surface area contributed by atoms with Gasteiger partial charge in [0.1, 0.15) is 12.4 Å². The Bertz CT molecular complexity index is 1150. The highest BCUT2D eigenvalue weighted by Gasteiger charge is 2.31. The molecule has 0 fully saturated rings. The zero-order valence-corrected chi connectivity index (χ0v) is 16.5. The van der Waals surface area contributed by atoms with E-state index in [-0.39, 0.29) is 0 Å². The number of carbonyl (C=O) groups excluding carboxylic acids is 1. The summed E-state index contributed by atoms with van der Waals surface area (Å²) in [5.41, 5.74) is -0.361. The lowest BCUT2D eigenvalue weighted by Gasteiger charge is -2.11. The van der Waals surface area contributed by atoms with Gasteiger partial charge in [-0.25, -0.2) is 0 Å². The molecule has 0 saturated carbocycles. The van der Waals surface area contributed by atoms with E-state index in [9.17, 15) is 22.8 Å². The predicted molar refractivity (Wildman–Crippen MR) is 107 cm³/mol. The van der Waals surface area contributed by atoms with Crippen molar-refractivity contribution in [2.45, 2.75) is 44.9 Å². The second-order valence-corrected chi connectivity index (χ2v) is 7.41. The van der Waals surface area contributed by atoms with Gasteiger partial charge in [0.15, 0.2) is 5.82 Å². The van der Waals surface area contributed by atoms with Crippen LogP contribution in [0.15, 0.2) is 47.4 Å². The van der Waals surface area contributed by atoms with Crippen LogP contribution in [0, 0.1) is 0 Å². The van der Waals surface area contributed by atoms with Gasteiger partial charge in [-0.1, -0.05) is 6.42 Å². The Kier molecular flexibility index (Phi) is 5.62. The van der Waals surface area contributed by atoms with Gasteiger partial charge in [0.25, 0.3) is 5.56 Å². The van der Waals surface area contributed by atoms with Crippen molar-refractivity contribution >= 4 is 11.6 Å². The minimum absolute atomic E-state index is 0.462. The fraction of sp³-hybridized carbons (Fsp3) is 0.333. The Morgan fingerprint density at radius 3 is 2.55 bits per heavy atom. The first-order valence-electron chi connectivity index (χ1n) is 9.91. The number of nitrogens with one attached hydrogen (secondary N) is 1. The van der Waals surface area contributed by atoms with E-state index in [2.05, 4.69) is 20.1 Å². The third-order valence-corrected chi connectivity index (χ3v) is 5.16. The normalized spacial score (nSPS) is 14.0. The second kappa shape index (κ2) is 8.37. The highest BCUT2D eigenvalue weighted by atomic mass is 19.4. The third-order valence-electron chi connectivity index (χ3n) is 5.16. The Labute approximate surface area is 175 Å². The lowest BCUT2D eigenvalue weighted by Crippen LogP contribution is -2.28. The first-order valence-corrected chi connectivity index (χ1v) is 9.91. The highest BCUT2D eigenvalue weighted by Crippen LogP contribution is 2.28. The fourth-order valence-electron chi connectivity index (χ4n) is 3.58. The molecular weight excluding hydrogens is 411 g/mol. The van der Waals surface area contributed by atoms with Crippen LogP contribution in [0.1, 0.15) is 30.7 Å². The number of pyridine rings is 1. The van der Waals surface area contributed by atoms with Crippen LogP contribution in [0.2, 0.25) is 0 Å². The maximum absolute atomic E-state index is 12.8. The molecule has 0 spiro atoms. The summed E-state index contributed by atoms with van der Waals surface area (Å²) in [6.45, 7) is 0.337. The van der Waals surface area contributed by atoms with Crippen molar-refractivity contribution in [2.24, 2.45) is 0 Å². The van der Waals surface area contributed by atoms with Crippen molar-refractivity contribution in [1.82, 2.24) is 19.3 Å². The average molecular weight is 431 g/mol. The molecule has 10 heteroatoms. The van der Waals surface area contributed by atoms with E-state index in [0.29, 0.717) is 18.0 Å². The molecule has 0 bridgehead atoms. The largest absolute Gasteiger partial charge is 0.417 e. The molecule has 162 valence electrons. The van der Waals surface area contributed by atoms with Crippen molar-refractivity contribution < 1.29 is 18.0 Å². The van der Waals surface area contributed by atoms with Crippen molar-refractivity contribution in [3.63, 3.8) is 0 Å². The molecule has 1 aromatic carbocycles. The van der Waals surface area contributed by atoms with E-state index in [1.165, 1.54) is 0 Å². The number of benzene rings is 1. The van der Waals surface area contributed by atoms with Gasteiger partial charge in [0, 0.05) is 36.5 Å². The number of amides is 1. The molecule has 3 aromatic rings. The summed E-state index contributed by atoms with van der Waals surface area (Å²) < 4.78 is 41.4. The van der Waals surface area contributed by atoms with E-state index < -0.39 is 29.8 Å². The van der Waals surface area contributed by atoms with E-state index in [1.807, 2.05) is 0 Å². The van der Waals surface area contributed by atoms with Crippen LogP contribution in [0.5, 0.6) is 0 Å². The number of rotatable bonds is 4. The molecule has 0 unspecified atom stereocenters. The lowest BCUT2D eigenvalue weighted by molar-refractivity contribution is -0.138. The molecule has 3 heterocycles. The number of hydrogen-bond acceptors (Lipinski definition) is 4. The number of carbonyl (C=O) groups is 1. The second-order valence-electron chi connectivity index (χ2n) is 7.41. The lowest BCUT2D eigenvalue weighted by atomic mass is 10.2. The van der Waals surface area contributed by atoms with Gasteiger partial charge in [-0.2, -0.15) is 13.2 Å². The maximum atomic E-state index is 12.8. The molecule has 0 saturated heterocycles. The van der Waals surface area contributed by atoms with Gasteiger partial charge < -0.3 is 14.5 Å². The Balaban J connectivity index is 1.46. The summed E-state index contributed by atoms with van der Waals surface area (Å²) in [7, 11) is 0. The van der Waals surface area contributed by atoms with Crippen LogP contribution in [0.3, 0.4) is 0 Å². The summed E-state index contributed by atoms with van der Waals surface area (Å²) in [5, 5.41) is 11.2. The SMILES string of the molecule is O=C(Cn1cc(C(F)(F)F)ccc1=O)Nc1ccc(-c2nnc3n2CCCCC3)cc1. The molecule has 0 atom stereocenters. The summed E-state index contributed by atoms with van der Waals surface area (Å²) in [6, 6.07) is 8.45. The number of halogens is 3. The van der Waals surface area contributed by atoms with Gasteiger partial charge in [-0.15, -0.1) is 10.2 Å². The van der Waals surface area contributed by atoms with E-state index in [4.69, 9.17) is 0 Å². The van der Waals surface area contributed by atoms with Crippen LogP contribution in [0.25, 0.3) is 11.4 Å². The summed E-state index contributed by atoms with van der Waals surface area (Å²) in [5.74, 6) is 1.13. The Morgan fingerprint density at radius 2 is 1.81 bits per heavy atom. The van der Waals surface area contributed by atoms with Crippen molar-refractivity contribution in [1.29, 1.82) is 0 Å². The summed E-state index contributed by atoms with van der Waals surface area (Å²) in [4.78, 5) is 24.1. The molecule has 1 N–H and O–H groups in total. The smallest absolute Gasteiger partial charge is 0.325 e. The average Bonchev–Trinajstić information content (AvgIpc) is 2.97. The van der Waals surface area contributed by atoms with E-state index in [1.54, 1.807) is 24.3 Å². The minimum Gasteiger partial charge on any atom is -0.325 e. The minimum atomic E-state index is -4.60. The molecule has 31 heavy (non-hydrogen) atoms. The number of hydrogen-bond donors (Lipinski definition) is 1. The first kappa shape index (κ1) is 20.8. The molecule has 1 amide bonds. The first-order chi connectivity index (χ1) is 14.8. The van der Waals surface area contributed by atoms with Crippen molar-refractivity contribution in [3.05, 3.63) is 64.3 Å². The van der Waals surface area contributed by atoms with Crippen LogP contribution in [-0.4, -0.2) is 25.2 Å². The number of anilines is 1. The highest BCUT2D eigenvalue weighted by molar-refractivity contribution is 5.90. The zero-order chi connectivity index (χ0) is 22.0. The number of alkyl halides is 3. The topological polar surface area (TPSA) is 81.8 Å². The molecule has 1 aliphatic heterocycles. The molecule has 7 nitrogen and oxygen atoms in total. The quantitative estimate of drug-likeness (QED) is 0.686. The molecule has 4 rings (SSSR count). The van der Waals surface area contributed by atoms with E-state index in [0.717, 1.165) is 60.1 Å². The molecule has 0 radical (unpaired) electrons. The fourth-order valence-corrected chi connectivity index (χ4v) is 3.58. The molecule has 2 aromatic heterocycles. The number of aryl methyl sites for hydroxylation is 1. The zero-order valence-electron chi connectivity index (χ0n) is 16.5. The number of fused-ring (bicyclic) bond motifs is 1. The van der Waals surface area contributed by atoms with Crippen LogP contribution in [0.4, 0.5) is 18.9 Å². The molecular formula is C21H20F3N5O2. The molecule has 1 aliphatic rings. The summed E-state index contributed by atoms with van der Waals surface area (Å²) in [6.07, 6.45) is 0.266. The monoisotopic (exact) mass is 431 g/mol. The van der Waals surface area contributed by atoms with Crippen molar-refractivity contribution in [2.75, 3.05) is 5.32 Å². The maximum Gasteiger partial charge on any atom is 0.417 e. The Hall–Kier alpha value is -3.43. The van der Waals surface area contributed by atoms with Crippen LogP contribution < -0.4 is 10.9 Å². The Morgan fingerprint density at radius 1 is 1.03 bits per heavy atom. The summed E-state index contributed by atoms with van der Waals surface area (Å²) >= 11 is 0. The standard InChI is InChI=1S/C21H20F3N5O2/c22-21(23,24)15-7-10-19(31)28(12-15)13-18(30)25-16-8-5-14(6-9-16)20-27-26-17-4-2-1-3-11-29(17)20/h5-10,12H,1-4,11,13H2,(H,25,30). The van der Waals surface area contributed by atoms with Crippen LogP contribution in [-0.2, 0) is 30.5 Å². The third kappa shape index (κ3) is 4.68. The van der Waals surface area contributed by atoms with Gasteiger partial charge in [0.2, 0.25) is 5.91 Å². The molecule has 0 aliphatic carbocycles. The van der Waals surface area contributed by atoms with E-state index >= 15 is 0 Å². The number of aromatic nitrogens is 4. The van der Waals surface area contributed by atoms with Gasteiger partial charge >= 0.3 is 6.18 Å². The van der Waals surface area contributed by atoms with Crippen molar-refractivity contribution in [3.8, 4) is 11.4 Å². The van der Waals surface area contributed by atoms with Crippen LogP contribution >= 0.6 is 0 Å². The van der Waals surface area contributed by atoms with Gasteiger partial charge in [-0.3, -0.25) is 9.59 Å². The number of nitrogens with zero attached hydrogens (tertiary/aromatic N) is 4. The predicted octanol–water partition coefficient (Wildman–Crippen LogP) is 3.49. The van der Waals surface area contributed by atoms with Gasteiger partial charge in [-0.05, 0) is 43.2 Å².